The lowest BCUT2D eigenvalue weighted by Gasteiger charge is -2.22. The molecule has 1 aliphatic carbocycles. The highest BCUT2D eigenvalue weighted by molar-refractivity contribution is 7.95. The summed E-state index contributed by atoms with van der Waals surface area (Å²) < 4.78 is 40.6. The summed E-state index contributed by atoms with van der Waals surface area (Å²) in [4.78, 5) is 0. The molecule has 0 spiro atoms. The molecule has 0 radical (unpaired) electrons. The van der Waals surface area contributed by atoms with Crippen molar-refractivity contribution in [2.45, 2.75) is 44.5 Å². The molecule has 134 valence electrons. The minimum absolute atomic E-state index is 0.136. The molecule has 1 atom stereocenters. The first kappa shape index (κ1) is 20.3. The third kappa shape index (κ3) is 6.39. The standard InChI is InChI=1S/C14H15F3O3S.C3H6/c1-8-3-2-4-9(5-8)13-11(18)6-10(7-12(13)19)20-21-14(15,16)17;1-3-2/h5-7,9,18-19H,2-4H2,1H3;3H,1H2,2H3. The molecule has 0 aliphatic heterocycles. The van der Waals surface area contributed by atoms with Crippen molar-refractivity contribution in [1.82, 2.24) is 0 Å². The smallest absolute Gasteiger partial charge is 0.479 e. The van der Waals surface area contributed by atoms with E-state index in [1.807, 2.05) is 19.9 Å². The Hall–Kier alpha value is -1.76. The van der Waals surface area contributed by atoms with Crippen molar-refractivity contribution in [2.75, 3.05) is 0 Å². The fourth-order valence-corrected chi connectivity index (χ4v) is 2.75. The minimum Gasteiger partial charge on any atom is -0.507 e. The summed E-state index contributed by atoms with van der Waals surface area (Å²) in [5.41, 5.74) is -3.05. The molecule has 1 aromatic rings. The maximum atomic E-state index is 12.1. The van der Waals surface area contributed by atoms with Gasteiger partial charge in [-0.15, -0.1) is 6.58 Å². The topological polar surface area (TPSA) is 49.7 Å². The zero-order chi connectivity index (χ0) is 18.3. The summed E-state index contributed by atoms with van der Waals surface area (Å²) in [7, 11) is 0. The van der Waals surface area contributed by atoms with Gasteiger partial charge in [0.1, 0.15) is 17.2 Å². The van der Waals surface area contributed by atoms with Crippen LogP contribution in [0.4, 0.5) is 13.2 Å². The molecular formula is C17H21F3O3S. The van der Waals surface area contributed by atoms with E-state index >= 15 is 0 Å². The van der Waals surface area contributed by atoms with E-state index in [4.69, 9.17) is 0 Å². The Morgan fingerprint density at radius 1 is 1.29 bits per heavy atom. The van der Waals surface area contributed by atoms with Gasteiger partial charge >= 0.3 is 5.51 Å². The number of benzene rings is 1. The Morgan fingerprint density at radius 2 is 1.83 bits per heavy atom. The number of alkyl halides is 3. The maximum Gasteiger partial charge on any atom is 0.479 e. The van der Waals surface area contributed by atoms with Crippen LogP contribution in [0.15, 0.2) is 36.4 Å². The second kappa shape index (κ2) is 8.92. The van der Waals surface area contributed by atoms with Crippen LogP contribution in [0.2, 0.25) is 0 Å². The summed E-state index contributed by atoms with van der Waals surface area (Å²) in [6.45, 7) is 7.22. The molecule has 2 N–H and O–H groups in total. The summed E-state index contributed by atoms with van der Waals surface area (Å²) in [6.07, 6.45) is 6.40. The van der Waals surface area contributed by atoms with Gasteiger partial charge in [-0.1, -0.05) is 17.7 Å². The van der Waals surface area contributed by atoms with E-state index in [1.165, 1.54) is 0 Å². The van der Waals surface area contributed by atoms with Gasteiger partial charge in [0.05, 0.1) is 0 Å². The lowest BCUT2D eigenvalue weighted by molar-refractivity contribution is -0.0369. The van der Waals surface area contributed by atoms with Crippen LogP contribution in [0, 0.1) is 0 Å². The third-order valence-electron chi connectivity index (χ3n) is 3.28. The molecular weight excluding hydrogens is 341 g/mol. The molecule has 3 nitrogen and oxygen atoms in total. The molecule has 0 fully saturated rings. The zero-order valence-corrected chi connectivity index (χ0v) is 14.4. The molecule has 0 amide bonds. The Labute approximate surface area is 144 Å². The van der Waals surface area contributed by atoms with Crippen LogP contribution in [0.25, 0.3) is 0 Å². The van der Waals surface area contributed by atoms with E-state index in [0.717, 1.165) is 37.0 Å². The number of halogens is 3. The average molecular weight is 362 g/mol. The van der Waals surface area contributed by atoms with E-state index in [0.29, 0.717) is 5.56 Å². The Bertz CT molecular complexity index is 574. The molecule has 0 bridgehead atoms. The van der Waals surface area contributed by atoms with Crippen molar-refractivity contribution in [3.05, 3.63) is 42.0 Å². The fraction of sp³-hybridized carbons (Fsp3) is 0.412. The number of phenols is 2. The number of phenolic OH excluding ortho intramolecular Hbond substituents is 2. The Morgan fingerprint density at radius 3 is 2.29 bits per heavy atom. The second-order valence-electron chi connectivity index (χ2n) is 5.41. The molecule has 7 heteroatoms. The fourth-order valence-electron chi connectivity index (χ4n) is 2.46. The van der Waals surface area contributed by atoms with E-state index in [-0.39, 0.29) is 23.2 Å². The first-order valence-electron chi connectivity index (χ1n) is 7.40. The quantitative estimate of drug-likeness (QED) is 0.507. The summed E-state index contributed by atoms with van der Waals surface area (Å²) >= 11 is -0.688. The third-order valence-corrected chi connectivity index (χ3v) is 3.75. The van der Waals surface area contributed by atoms with Crippen molar-refractivity contribution in [1.29, 1.82) is 0 Å². The van der Waals surface area contributed by atoms with E-state index in [1.54, 1.807) is 6.08 Å². The molecule has 1 aromatic carbocycles. The van der Waals surface area contributed by atoms with E-state index in [2.05, 4.69) is 10.8 Å². The maximum absolute atomic E-state index is 12.1. The molecule has 2 rings (SSSR count). The van der Waals surface area contributed by atoms with Crippen molar-refractivity contribution >= 4 is 12.0 Å². The normalized spacial score (nSPS) is 17.4. The monoisotopic (exact) mass is 362 g/mol. The van der Waals surface area contributed by atoms with Gasteiger partial charge in [0, 0.05) is 23.6 Å². The number of rotatable bonds is 3. The van der Waals surface area contributed by atoms with Gasteiger partial charge in [-0.2, -0.15) is 13.2 Å². The van der Waals surface area contributed by atoms with Crippen LogP contribution in [0.3, 0.4) is 0 Å². The predicted molar refractivity (Wildman–Crippen MR) is 90.3 cm³/mol. The van der Waals surface area contributed by atoms with Crippen LogP contribution in [-0.2, 0) is 0 Å². The van der Waals surface area contributed by atoms with E-state index < -0.39 is 17.6 Å². The number of hydrogen-bond donors (Lipinski definition) is 2. The highest BCUT2D eigenvalue weighted by Crippen LogP contribution is 2.44. The molecule has 1 aliphatic rings. The highest BCUT2D eigenvalue weighted by atomic mass is 32.2. The number of allylic oxidation sites excluding steroid dienone is 3. The highest BCUT2D eigenvalue weighted by Gasteiger charge is 2.32. The van der Waals surface area contributed by atoms with E-state index in [9.17, 15) is 23.4 Å². The van der Waals surface area contributed by atoms with Crippen LogP contribution >= 0.6 is 12.0 Å². The molecule has 0 saturated carbocycles. The lowest BCUT2D eigenvalue weighted by Crippen LogP contribution is -2.04. The second-order valence-corrected chi connectivity index (χ2v) is 6.20. The van der Waals surface area contributed by atoms with Crippen molar-refractivity contribution < 1.29 is 27.6 Å². The summed E-state index contributed by atoms with van der Waals surface area (Å²) in [5.74, 6) is -0.900. The summed E-state index contributed by atoms with van der Waals surface area (Å²) in [6, 6.07) is 2.18. The van der Waals surface area contributed by atoms with Gasteiger partial charge in [0.15, 0.2) is 12.0 Å². The SMILES string of the molecule is C=CC.CC1=CC(c2c(O)cc(OSC(F)(F)F)cc2O)CCC1. The minimum atomic E-state index is -4.55. The van der Waals surface area contributed by atoms with Gasteiger partial charge in [-0.25, -0.2) is 0 Å². The van der Waals surface area contributed by atoms with Crippen LogP contribution in [0.5, 0.6) is 17.2 Å². The van der Waals surface area contributed by atoms with Crippen molar-refractivity contribution in [3.63, 3.8) is 0 Å². The van der Waals surface area contributed by atoms with Crippen molar-refractivity contribution in [3.8, 4) is 17.2 Å². The molecule has 1 unspecified atom stereocenters. The molecule has 24 heavy (non-hydrogen) atoms. The number of hydrogen-bond acceptors (Lipinski definition) is 4. The van der Waals surface area contributed by atoms with Crippen LogP contribution in [0.1, 0.15) is 44.6 Å². The van der Waals surface area contributed by atoms with Gasteiger partial charge in [-0.3, -0.25) is 0 Å². The Kier molecular flexibility index (Phi) is 7.54. The average Bonchev–Trinajstić information content (AvgIpc) is 2.45. The lowest BCUT2D eigenvalue weighted by atomic mass is 9.85. The molecule has 0 aromatic heterocycles. The summed E-state index contributed by atoms with van der Waals surface area (Å²) in [5, 5.41) is 20.0. The first-order chi connectivity index (χ1) is 11.2. The predicted octanol–water partition coefficient (Wildman–Crippen LogP) is 6.05. The van der Waals surface area contributed by atoms with Crippen LogP contribution < -0.4 is 4.18 Å². The van der Waals surface area contributed by atoms with Crippen molar-refractivity contribution in [2.24, 2.45) is 0 Å². The zero-order valence-electron chi connectivity index (χ0n) is 13.6. The first-order valence-corrected chi connectivity index (χ1v) is 8.14. The molecule has 0 heterocycles. The van der Waals surface area contributed by atoms with Gasteiger partial charge in [0.25, 0.3) is 0 Å². The number of aromatic hydroxyl groups is 2. The van der Waals surface area contributed by atoms with Gasteiger partial charge in [-0.05, 0) is 33.1 Å². The Balaban J connectivity index is 0.000000891. The largest absolute Gasteiger partial charge is 0.507 e. The van der Waals surface area contributed by atoms with Gasteiger partial charge in [0.2, 0.25) is 0 Å². The van der Waals surface area contributed by atoms with Crippen LogP contribution in [-0.4, -0.2) is 15.7 Å². The molecule has 0 saturated heterocycles. The van der Waals surface area contributed by atoms with Gasteiger partial charge < -0.3 is 14.4 Å².